The second-order valence-electron chi connectivity index (χ2n) is 3.11. The molecule has 0 spiro atoms. The first-order valence-corrected chi connectivity index (χ1v) is 5.71. The van der Waals surface area contributed by atoms with Crippen molar-refractivity contribution >= 4 is 11.2 Å². The van der Waals surface area contributed by atoms with Gasteiger partial charge in [0.15, 0.2) is 5.60 Å². The van der Waals surface area contributed by atoms with E-state index in [-0.39, 0.29) is 0 Å². The third kappa shape index (κ3) is 3.35. The Morgan fingerprint density at radius 2 is 1.57 bits per heavy atom. The van der Waals surface area contributed by atoms with Crippen LogP contribution in [0, 0.1) is 0 Å². The first-order valence-electron chi connectivity index (χ1n) is 3.98. The summed E-state index contributed by atoms with van der Waals surface area (Å²) < 4.78 is 10.9. The van der Waals surface area contributed by atoms with Crippen molar-refractivity contribution in [2.45, 2.75) is 17.8 Å². The molecule has 0 aliphatic carbocycles. The van der Waals surface area contributed by atoms with E-state index in [2.05, 4.69) is 0 Å². The zero-order chi connectivity index (χ0) is 11.4. The lowest BCUT2D eigenvalue weighted by Crippen LogP contribution is -2.59. The molecule has 0 rings (SSSR count). The van der Waals surface area contributed by atoms with Crippen LogP contribution in [-0.4, -0.2) is 73.1 Å². The number of rotatable bonds is 6. The largest absolute Gasteiger partial charge is 0.616 e. The molecule has 3 atom stereocenters. The summed E-state index contributed by atoms with van der Waals surface area (Å²) in [6.45, 7) is -1.57. The van der Waals surface area contributed by atoms with E-state index in [1.807, 2.05) is 0 Å². The van der Waals surface area contributed by atoms with Crippen LogP contribution in [0.15, 0.2) is 0 Å². The van der Waals surface area contributed by atoms with Crippen molar-refractivity contribution in [3.05, 3.63) is 0 Å². The van der Waals surface area contributed by atoms with Crippen LogP contribution >= 0.6 is 0 Å². The highest BCUT2D eigenvalue weighted by Crippen LogP contribution is 2.18. The SMILES string of the molecule is C[S+]([O-])CC(O)(C(O)CO)C(O)CO. The number of hydrogen-bond donors (Lipinski definition) is 5. The molecule has 0 aromatic rings. The molecule has 5 N–H and O–H groups in total. The molecule has 0 heterocycles. The summed E-state index contributed by atoms with van der Waals surface area (Å²) in [6, 6.07) is 0. The van der Waals surface area contributed by atoms with Gasteiger partial charge in [-0.2, -0.15) is 0 Å². The van der Waals surface area contributed by atoms with Crippen molar-refractivity contribution in [3.8, 4) is 0 Å². The molecule has 0 amide bonds. The van der Waals surface area contributed by atoms with Gasteiger partial charge in [-0.3, -0.25) is 0 Å². The van der Waals surface area contributed by atoms with Crippen LogP contribution in [0.2, 0.25) is 0 Å². The molecule has 86 valence electrons. The summed E-state index contributed by atoms with van der Waals surface area (Å²) in [6.07, 6.45) is -2.01. The monoisotopic (exact) mass is 228 g/mol. The maximum atomic E-state index is 10.9. The molecule has 0 radical (unpaired) electrons. The van der Waals surface area contributed by atoms with E-state index in [0.29, 0.717) is 0 Å². The highest BCUT2D eigenvalue weighted by atomic mass is 32.2. The van der Waals surface area contributed by atoms with E-state index in [0.717, 1.165) is 0 Å². The lowest BCUT2D eigenvalue weighted by Gasteiger charge is -2.34. The van der Waals surface area contributed by atoms with Crippen molar-refractivity contribution in [1.29, 1.82) is 0 Å². The lowest BCUT2D eigenvalue weighted by atomic mass is 9.93. The first kappa shape index (κ1) is 14.1. The van der Waals surface area contributed by atoms with Crippen LogP contribution < -0.4 is 0 Å². The first-order chi connectivity index (χ1) is 6.38. The van der Waals surface area contributed by atoms with Gasteiger partial charge in [0.05, 0.1) is 19.5 Å². The minimum atomic E-state index is -2.15. The molecule has 0 aromatic heterocycles. The molecular formula is C7H16O6S. The molecule has 0 bridgehead atoms. The van der Waals surface area contributed by atoms with Gasteiger partial charge in [-0.15, -0.1) is 0 Å². The zero-order valence-corrected chi connectivity index (χ0v) is 8.65. The minimum Gasteiger partial charge on any atom is -0.616 e. The third-order valence-corrected chi connectivity index (χ3v) is 2.80. The Hall–Kier alpha value is 0.110. The highest BCUT2D eigenvalue weighted by molar-refractivity contribution is 7.90. The van der Waals surface area contributed by atoms with Crippen molar-refractivity contribution in [2.75, 3.05) is 25.2 Å². The predicted molar refractivity (Wildman–Crippen MR) is 50.1 cm³/mol. The predicted octanol–water partition coefficient (Wildman–Crippen LogP) is -3.20. The quantitative estimate of drug-likeness (QED) is 0.305. The molecule has 0 aromatic carbocycles. The van der Waals surface area contributed by atoms with Crippen LogP contribution in [0.5, 0.6) is 0 Å². The van der Waals surface area contributed by atoms with Crippen LogP contribution in [0.25, 0.3) is 0 Å². The summed E-state index contributed by atoms with van der Waals surface area (Å²) >= 11 is -1.47. The topological polar surface area (TPSA) is 124 Å². The molecule has 0 saturated carbocycles. The van der Waals surface area contributed by atoms with Crippen molar-refractivity contribution in [2.24, 2.45) is 0 Å². The minimum absolute atomic E-state index is 0.420. The molecule has 0 aliphatic rings. The Morgan fingerprint density at radius 1 is 1.21 bits per heavy atom. The highest BCUT2D eigenvalue weighted by Gasteiger charge is 2.45. The van der Waals surface area contributed by atoms with Crippen LogP contribution in [-0.2, 0) is 11.2 Å². The third-order valence-electron chi connectivity index (χ3n) is 1.93. The van der Waals surface area contributed by atoms with Gasteiger partial charge < -0.3 is 30.1 Å². The van der Waals surface area contributed by atoms with Crippen molar-refractivity contribution < 1.29 is 30.1 Å². The molecule has 0 fully saturated rings. The van der Waals surface area contributed by atoms with Crippen molar-refractivity contribution in [1.82, 2.24) is 0 Å². The molecule has 3 unspecified atom stereocenters. The lowest BCUT2D eigenvalue weighted by molar-refractivity contribution is -0.154. The van der Waals surface area contributed by atoms with E-state index in [4.69, 9.17) is 10.2 Å². The molecular weight excluding hydrogens is 212 g/mol. The van der Waals surface area contributed by atoms with E-state index in [9.17, 15) is 19.9 Å². The second kappa shape index (κ2) is 5.86. The van der Waals surface area contributed by atoms with Gasteiger partial charge >= 0.3 is 0 Å². The second-order valence-corrected chi connectivity index (χ2v) is 4.54. The Kier molecular flexibility index (Phi) is 5.91. The standard InChI is InChI=1S/C7H16O6S/c1-14(13)4-7(12,5(10)2-8)6(11)3-9/h5-6,8-12H,2-4H2,1H3. The fourth-order valence-electron chi connectivity index (χ4n) is 1.06. The summed E-state index contributed by atoms with van der Waals surface area (Å²) in [5.41, 5.74) is -2.15. The van der Waals surface area contributed by atoms with Crippen LogP contribution in [0.3, 0.4) is 0 Å². The maximum Gasteiger partial charge on any atom is 0.165 e. The van der Waals surface area contributed by atoms with Gasteiger partial charge in [-0.1, -0.05) is 11.2 Å². The Morgan fingerprint density at radius 3 is 1.79 bits per heavy atom. The average molecular weight is 228 g/mol. The Labute approximate surface area is 85.0 Å². The normalized spacial score (nSPS) is 22.5. The fraction of sp³-hybridized carbons (Fsp3) is 1.00. The summed E-state index contributed by atoms with van der Waals surface area (Å²) in [5, 5.41) is 45.4. The van der Waals surface area contributed by atoms with Crippen molar-refractivity contribution in [3.63, 3.8) is 0 Å². The van der Waals surface area contributed by atoms with Crippen LogP contribution in [0.4, 0.5) is 0 Å². The summed E-state index contributed by atoms with van der Waals surface area (Å²) in [4.78, 5) is 0. The van der Waals surface area contributed by atoms with Gasteiger partial charge in [-0.25, -0.2) is 0 Å². The Balaban J connectivity index is 4.65. The number of aliphatic hydroxyl groups is 5. The van der Waals surface area contributed by atoms with E-state index >= 15 is 0 Å². The van der Waals surface area contributed by atoms with Gasteiger partial charge in [0.2, 0.25) is 0 Å². The average Bonchev–Trinajstić information content (AvgIpc) is 2.13. The zero-order valence-electron chi connectivity index (χ0n) is 7.83. The van der Waals surface area contributed by atoms with E-state index in [1.54, 1.807) is 0 Å². The molecule has 6 nitrogen and oxygen atoms in total. The van der Waals surface area contributed by atoms with Gasteiger partial charge in [-0.05, 0) is 0 Å². The molecule has 7 heteroatoms. The Bertz CT molecular complexity index is 154. The number of hydrogen-bond acceptors (Lipinski definition) is 6. The maximum absolute atomic E-state index is 10.9. The van der Waals surface area contributed by atoms with E-state index in [1.165, 1.54) is 6.26 Å². The molecule has 14 heavy (non-hydrogen) atoms. The smallest absolute Gasteiger partial charge is 0.165 e. The fourth-order valence-corrected chi connectivity index (χ4v) is 2.09. The van der Waals surface area contributed by atoms with Gasteiger partial charge in [0.1, 0.15) is 18.0 Å². The molecule has 0 aliphatic heterocycles. The summed E-state index contributed by atoms with van der Waals surface area (Å²) in [5.74, 6) is -0.420. The van der Waals surface area contributed by atoms with Gasteiger partial charge in [0.25, 0.3) is 0 Å². The van der Waals surface area contributed by atoms with Crippen LogP contribution in [0.1, 0.15) is 0 Å². The summed E-state index contributed by atoms with van der Waals surface area (Å²) in [7, 11) is 0. The molecule has 0 saturated heterocycles. The van der Waals surface area contributed by atoms with E-state index < -0.39 is 48.0 Å². The van der Waals surface area contributed by atoms with Gasteiger partial charge in [0, 0.05) is 0 Å². The number of aliphatic hydroxyl groups excluding tert-OH is 4.